The Kier molecular flexibility index (Phi) is 7.62. The Morgan fingerprint density at radius 1 is 1.44 bits per heavy atom. The number of thioether (sulfide) groups is 1. The molecule has 104 valence electrons. The fraction of sp³-hybridized carbons (Fsp3) is 0.833. The Balaban J connectivity index is 2.38. The van der Waals surface area contributed by atoms with Crippen LogP contribution in [0.5, 0.6) is 0 Å². The molecule has 0 aliphatic rings. The van der Waals surface area contributed by atoms with Gasteiger partial charge in [-0.1, -0.05) is 18.3 Å². The SMILES string of the molecule is CCCNc1nnc(CN(C)C(C)CCSC)s1. The van der Waals surface area contributed by atoms with E-state index in [-0.39, 0.29) is 0 Å². The van der Waals surface area contributed by atoms with Crippen LogP contribution in [0.3, 0.4) is 0 Å². The summed E-state index contributed by atoms with van der Waals surface area (Å²) in [4.78, 5) is 2.35. The maximum Gasteiger partial charge on any atom is 0.205 e. The van der Waals surface area contributed by atoms with Crippen molar-refractivity contribution in [3.8, 4) is 0 Å². The summed E-state index contributed by atoms with van der Waals surface area (Å²) in [7, 11) is 2.16. The summed E-state index contributed by atoms with van der Waals surface area (Å²) in [5, 5.41) is 13.7. The lowest BCUT2D eigenvalue weighted by molar-refractivity contribution is 0.244. The van der Waals surface area contributed by atoms with Gasteiger partial charge < -0.3 is 5.32 Å². The third-order valence-electron chi connectivity index (χ3n) is 2.87. The van der Waals surface area contributed by atoms with Crippen molar-refractivity contribution in [2.75, 3.05) is 30.9 Å². The van der Waals surface area contributed by atoms with Crippen LogP contribution in [-0.4, -0.2) is 46.7 Å². The predicted molar refractivity (Wildman–Crippen MR) is 82.6 cm³/mol. The number of hydrogen-bond donors (Lipinski definition) is 1. The molecule has 0 bridgehead atoms. The van der Waals surface area contributed by atoms with E-state index < -0.39 is 0 Å². The Morgan fingerprint density at radius 3 is 2.89 bits per heavy atom. The van der Waals surface area contributed by atoms with E-state index in [1.165, 1.54) is 12.2 Å². The van der Waals surface area contributed by atoms with E-state index in [1.54, 1.807) is 11.3 Å². The molecule has 1 rings (SSSR count). The molecule has 0 aromatic carbocycles. The summed E-state index contributed by atoms with van der Waals surface area (Å²) < 4.78 is 0. The zero-order chi connectivity index (χ0) is 13.4. The molecule has 0 amide bonds. The van der Waals surface area contributed by atoms with Crippen LogP contribution in [0.15, 0.2) is 0 Å². The average molecular weight is 288 g/mol. The number of aromatic nitrogens is 2. The van der Waals surface area contributed by atoms with E-state index in [4.69, 9.17) is 0 Å². The Hall–Kier alpha value is -0.330. The minimum absolute atomic E-state index is 0.591. The Labute approximate surface area is 119 Å². The van der Waals surface area contributed by atoms with Gasteiger partial charge in [0.15, 0.2) is 0 Å². The third kappa shape index (κ3) is 5.54. The maximum atomic E-state index is 4.23. The summed E-state index contributed by atoms with van der Waals surface area (Å²) in [5.74, 6) is 1.21. The summed E-state index contributed by atoms with van der Waals surface area (Å²) in [6, 6.07) is 0.591. The Morgan fingerprint density at radius 2 is 2.22 bits per heavy atom. The standard InChI is InChI=1S/C12H24N4S2/c1-5-7-13-12-15-14-11(18-12)9-16(3)10(2)6-8-17-4/h10H,5-9H2,1-4H3,(H,13,15). The van der Waals surface area contributed by atoms with Gasteiger partial charge in [-0.2, -0.15) is 11.8 Å². The average Bonchev–Trinajstić information content (AvgIpc) is 2.80. The predicted octanol–water partition coefficient (Wildman–Crippen LogP) is 2.93. The second-order valence-electron chi connectivity index (χ2n) is 4.47. The first-order valence-corrected chi connectivity index (χ1v) is 8.63. The topological polar surface area (TPSA) is 41.1 Å². The molecular formula is C12H24N4S2. The molecular weight excluding hydrogens is 264 g/mol. The monoisotopic (exact) mass is 288 g/mol. The van der Waals surface area contributed by atoms with Crippen molar-refractivity contribution in [3.63, 3.8) is 0 Å². The van der Waals surface area contributed by atoms with Crippen LogP contribution < -0.4 is 5.32 Å². The van der Waals surface area contributed by atoms with E-state index in [9.17, 15) is 0 Å². The van der Waals surface area contributed by atoms with Gasteiger partial charge in [0, 0.05) is 12.6 Å². The van der Waals surface area contributed by atoms with Crippen LogP contribution in [0, 0.1) is 0 Å². The highest BCUT2D eigenvalue weighted by Crippen LogP contribution is 2.18. The lowest BCUT2D eigenvalue weighted by atomic mass is 10.2. The fourth-order valence-electron chi connectivity index (χ4n) is 1.50. The molecule has 1 aromatic rings. The van der Waals surface area contributed by atoms with Gasteiger partial charge in [0.05, 0.1) is 6.54 Å². The van der Waals surface area contributed by atoms with Crippen molar-refractivity contribution < 1.29 is 0 Å². The molecule has 0 radical (unpaired) electrons. The minimum Gasteiger partial charge on any atom is -0.360 e. The van der Waals surface area contributed by atoms with Crippen molar-refractivity contribution in [1.82, 2.24) is 15.1 Å². The molecule has 0 saturated heterocycles. The molecule has 6 heteroatoms. The van der Waals surface area contributed by atoms with E-state index in [2.05, 4.69) is 47.6 Å². The zero-order valence-corrected chi connectivity index (χ0v) is 13.4. The minimum atomic E-state index is 0.591. The molecule has 0 fully saturated rings. The molecule has 1 unspecified atom stereocenters. The quantitative estimate of drug-likeness (QED) is 0.756. The van der Waals surface area contributed by atoms with E-state index in [0.29, 0.717) is 6.04 Å². The normalized spacial score (nSPS) is 12.9. The van der Waals surface area contributed by atoms with Crippen LogP contribution in [0.1, 0.15) is 31.7 Å². The van der Waals surface area contributed by atoms with Gasteiger partial charge in [-0.15, -0.1) is 10.2 Å². The number of anilines is 1. The fourth-order valence-corrected chi connectivity index (χ4v) is 2.90. The van der Waals surface area contributed by atoms with E-state index >= 15 is 0 Å². The maximum absolute atomic E-state index is 4.23. The van der Waals surface area contributed by atoms with Crippen molar-refractivity contribution in [3.05, 3.63) is 5.01 Å². The molecule has 1 aromatic heterocycles. The lowest BCUT2D eigenvalue weighted by Gasteiger charge is -2.22. The molecule has 18 heavy (non-hydrogen) atoms. The van der Waals surface area contributed by atoms with Crippen molar-refractivity contribution in [2.45, 2.75) is 39.3 Å². The van der Waals surface area contributed by atoms with Gasteiger partial charge in [0.1, 0.15) is 5.01 Å². The summed E-state index contributed by atoms with van der Waals surface area (Å²) in [5.41, 5.74) is 0. The highest BCUT2D eigenvalue weighted by Gasteiger charge is 2.12. The zero-order valence-electron chi connectivity index (χ0n) is 11.8. The van der Waals surface area contributed by atoms with Gasteiger partial charge in [-0.3, -0.25) is 4.90 Å². The van der Waals surface area contributed by atoms with E-state index in [0.717, 1.165) is 29.6 Å². The highest BCUT2D eigenvalue weighted by atomic mass is 32.2. The second-order valence-corrected chi connectivity index (χ2v) is 6.52. The van der Waals surface area contributed by atoms with Crippen molar-refractivity contribution in [1.29, 1.82) is 0 Å². The van der Waals surface area contributed by atoms with Crippen LogP contribution in [0.4, 0.5) is 5.13 Å². The lowest BCUT2D eigenvalue weighted by Crippen LogP contribution is -2.29. The summed E-state index contributed by atoms with van der Waals surface area (Å²) >= 11 is 3.57. The van der Waals surface area contributed by atoms with Gasteiger partial charge in [0.25, 0.3) is 0 Å². The van der Waals surface area contributed by atoms with Gasteiger partial charge in [-0.25, -0.2) is 0 Å². The molecule has 1 atom stereocenters. The van der Waals surface area contributed by atoms with Gasteiger partial charge >= 0.3 is 0 Å². The molecule has 1 heterocycles. The summed E-state index contributed by atoms with van der Waals surface area (Å²) in [6.07, 6.45) is 4.49. The number of rotatable bonds is 9. The van der Waals surface area contributed by atoms with E-state index in [1.807, 2.05) is 11.8 Å². The van der Waals surface area contributed by atoms with Gasteiger partial charge in [-0.05, 0) is 38.8 Å². The van der Waals surface area contributed by atoms with Gasteiger partial charge in [0.2, 0.25) is 5.13 Å². The smallest absolute Gasteiger partial charge is 0.205 e. The summed E-state index contributed by atoms with van der Waals surface area (Å²) in [6.45, 7) is 6.28. The number of hydrogen-bond acceptors (Lipinski definition) is 6. The second kappa shape index (κ2) is 8.72. The first-order valence-electron chi connectivity index (χ1n) is 6.42. The molecule has 0 aliphatic heterocycles. The van der Waals surface area contributed by atoms with Crippen molar-refractivity contribution >= 4 is 28.2 Å². The van der Waals surface area contributed by atoms with Crippen LogP contribution in [0.2, 0.25) is 0 Å². The van der Waals surface area contributed by atoms with Crippen LogP contribution in [0.25, 0.3) is 0 Å². The van der Waals surface area contributed by atoms with Crippen molar-refractivity contribution in [2.24, 2.45) is 0 Å². The number of nitrogens with zero attached hydrogens (tertiary/aromatic N) is 3. The first kappa shape index (κ1) is 15.7. The van der Waals surface area contributed by atoms with Crippen LogP contribution in [-0.2, 0) is 6.54 Å². The first-order chi connectivity index (χ1) is 8.67. The highest BCUT2D eigenvalue weighted by molar-refractivity contribution is 7.98. The Bertz CT molecular complexity index is 330. The molecule has 0 spiro atoms. The molecule has 1 N–H and O–H groups in total. The largest absolute Gasteiger partial charge is 0.360 e. The third-order valence-corrected chi connectivity index (χ3v) is 4.38. The molecule has 4 nitrogen and oxygen atoms in total. The number of nitrogens with one attached hydrogen (secondary N) is 1. The van der Waals surface area contributed by atoms with Crippen LogP contribution >= 0.6 is 23.1 Å². The molecule has 0 saturated carbocycles. The molecule has 0 aliphatic carbocycles.